The van der Waals surface area contributed by atoms with Crippen molar-refractivity contribution < 1.29 is 14.3 Å². The Morgan fingerprint density at radius 1 is 1.00 bits per heavy atom. The van der Waals surface area contributed by atoms with Crippen molar-refractivity contribution in [3.63, 3.8) is 0 Å². The Bertz CT molecular complexity index is 717. The fraction of sp³-hybridized carbons (Fsp3) is 0.368. The van der Waals surface area contributed by atoms with E-state index in [9.17, 15) is 4.79 Å². The van der Waals surface area contributed by atoms with Gasteiger partial charge in [0.15, 0.2) is 5.79 Å². The van der Waals surface area contributed by atoms with Gasteiger partial charge in [0.2, 0.25) is 0 Å². The molecular formula is C19H21N3O3. The number of nitrogens with zero attached hydrogens (tertiary/aromatic N) is 2. The number of pyridine rings is 1. The maximum Gasteiger partial charge on any atom is 0.272 e. The van der Waals surface area contributed by atoms with Gasteiger partial charge < -0.3 is 19.7 Å². The van der Waals surface area contributed by atoms with Crippen molar-refractivity contribution in [3.05, 3.63) is 54.4 Å². The number of piperidine rings is 1. The standard InChI is InChI=1S/C19H21N3O3/c23-18(22-10-8-19(9-11-22)24-12-13-25-19)17-7-6-16(14-20-17)21-15-4-2-1-3-5-15/h1-7,14,21H,8-13H2. The highest BCUT2D eigenvalue weighted by Gasteiger charge is 2.40. The molecule has 0 aliphatic carbocycles. The zero-order valence-corrected chi connectivity index (χ0v) is 14.0. The van der Waals surface area contributed by atoms with E-state index in [0.717, 1.165) is 11.4 Å². The van der Waals surface area contributed by atoms with Crippen LogP contribution in [0.5, 0.6) is 0 Å². The van der Waals surface area contributed by atoms with Gasteiger partial charge in [0.05, 0.1) is 25.1 Å². The third kappa shape index (κ3) is 3.50. The Kier molecular flexibility index (Phi) is 4.38. The van der Waals surface area contributed by atoms with Crippen LogP contribution in [0, 0.1) is 0 Å². The van der Waals surface area contributed by atoms with Gasteiger partial charge in [0.25, 0.3) is 5.91 Å². The molecule has 2 fully saturated rings. The van der Waals surface area contributed by atoms with Crippen molar-refractivity contribution in [1.29, 1.82) is 0 Å². The second kappa shape index (κ2) is 6.82. The average Bonchev–Trinajstić information content (AvgIpc) is 3.11. The Morgan fingerprint density at radius 2 is 1.72 bits per heavy atom. The molecule has 0 radical (unpaired) electrons. The molecule has 4 rings (SSSR count). The summed E-state index contributed by atoms with van der Waals surface area (Å²) in [6.45, 7) is 2.55. The predicted octanol–water partition coefficient (Wildman–Crippen LogP) is 2.80. The normalized spacial score (nSPS) is 19.1. The molecule has 6 nitrogen and oxygen atoms in total. The van der Waals surface area contributed by atoms with Crippen LogP contribution in [0.3, 0.4) is 0 Å². The summed E-state index contributed by atoms with van der Waals surface area (Å²) in [5.41, 5.74) is 2.30. The number of nitrogens with one attached hydrogen (secondary N) is 1. The summed E-state index contributed by atoms with van der Waals surface area (Å²) in [5, 5.41) is 3.26. The summed E-state index contributed by atoms with van der Waals surface area (Å²) in [7, 11) is 0. The molecule has 6 heteroatoms. The van der Waals surface area contributed by atoms with Crippen molar-refractivity contribution in [2.75, 3.05) is 31.6 Å². The topological polar surface area (TPSA) is 63.7 Å². The number of ether oxygens (including phenoxy) is 2. The van der Waals surface area contributed by atoms with Crippen LogP contribution >= 0.6 is 0 Å². The van der Waals surface area contributed by atoms with Crippen molar-refractivity contribution in [2.45, 2.75) is 18.6 Å². The second-order valence-corrected chi connectivity index (χ2v) is 6.32. The zero-order valence-electron chi connectivity index (χ0n) is 14.0. The van der Waals surface area contributed by atoms with Crippen molar-refractivity contribution >= 4 is 17.3 Å². The quantitative estimate of drug-likeness (QED) is 0.932. The molecule has 25 heavy (non-hydrogen) atoms. The van der Waals surface area contributed by atoms with E-state index in [0.29, 0.717) is 44.8 Å². The molecule has 3 heterocycles. The SMILES string of the molecule is O=C(c1ccc(Nc2ccccc2)cn1)N1CCC2(CC1)OCCO2. The van der Waals surface area contributed by atoms with Gasteiger partial charge in [-0.15, -0.1) is 0 Å². The molecule has 2 saturated heterocycles. The van der Waals surface area contributed by atoms with Gasteiger partial charge in [-0.3, -0.25) is 4.79 Å². The van der Waals surface area contributed by atoms with Crippen LogP contribution in [0.25, 0.3) is 0 Å². The number of carbonyl (C=O) groups is 1. The van der Waals surface area contributed by atoms with E-state index >= 15 is 0 Å². The second-order valence-electron chi connectivity index (χ2n) is 6.32. The molecule has 0 unspecified atom stereocenters. The molecule has 1 spiro atoms. The van der Waals surface area contributed by atoms with Gasteiger partial charge in [-0.2, -0.15) is 0 Å². The van der Waals surface area contributed by atoms with Crippen LogP contribution in [0.2, 0.25) is 0 Å². The maximum atomic E-state index is 12.6. The monoisotopic (exact) mass is 339 g/mol. The number of likely N-dealkylation sites (tertiary alicyclic amines) is 1. The van der Waals surface area contributed by atoms with Crippen LogP contribution in [0.4, 0.5) is 11.4 Å². The summed E-state index contributed by atoms with van der Waals surface area (Å²) in [6, 6.07) is 13.5. The van der Waals surface area contributed by atoms with Crippen molar-refractivity contribution in [2.24, 2.45) is 0 Å². The first kappa shape index (κ1) is 16.1. The molecule has 1 N–H and O–H groups in total. The molecule has 0 atom stereocenters. The number of benzene rings is 1. The van der Waals surface area contributed by atoms with E-state index in [1.807, 2.05) is 41.3 Å². The van der Waals surface area contributed by atoms with Gasteiger partial charge in [0.1, 0.15) is 5.69 Å². The van der Waals surface area contributed by atoms with Gasteiger partial charge in [-0.05, 0) is 24.3 Å². The highest BCUT2D eigenvalue weighted by molar-refractivity contribution is 5.92. The lowest BCUT2D eigenvalue weighted by atomic mass is 10.0. The molecule has 1 amide bonds. The van der Waals surface area contributed by atoms with Crippen LogP contribution in [-0.4, -0.2) is 47.9 Å². The third-order valence-corrected chi connectivity index (χ3v) is 4.67. The summed E-state index contributed by atoms with van der Waals surface area (Å²) < 4.78 is 11.4. The molecule has 2 aliphatic rings. The first-order chi connectivity index (χ1) is 12.2. The van der Waals surface area contributed by atoms with Crippen LogP contribution in [-0.2, 0) is 9.47 Å². The Hall–Kier alpha value is -2.44. The third-order valence-electron chi connectivity index (χ3n) is 4.67. The number of amides is 1. The fourth-order valence-corrected chi connectivity index (χ4v) is 3.28. The predicted molar refractivity (Wildman–Crippen MR) is 93.7 cm³/mol. The van der Waals surface area contributed by atoms with Crippen LogP contribution < -0.4 is 5.32 Å². The van der Waals surface area contributed by atoms with E-state index < -0.39 is 5.79 Å². The number of hydrogen-bond donors (Lipinski definition) is 1. The number of para-hydroxylation sites is 1. The lowest BCUT2D eigenvalue weighted by Gasteiger charge is -2.37. The van der Waals surface area contributed by atoms with E-state index in [1.165, 1.54) is 0 Å². The number of anilines is 2. The minimum Gasteiger partial charge on any atom is -0.354 e. The molecule has 0 bridgehead atoms. The molecule has 2 aromatic rings. The maximum absolute atomic E-state index is 12.6. The van der Waals surface area contributed by atoms with Crippen LogP contribution in [0.1, 0.15) is 23.3 Å². The fourth-order valence-electron chi connectivity index (χ4n) is 3.28. The number of hydrogen-bond acceptors (Lipinski definition) is 5. The molecule has 2 aliphatic heterocycles. The molecule has 1 aromatic carbocycles. The highest BCUT2D eigenvalue weighted by atomic mass is 16.7. The van der Waals surface area contributed by atoms with Gasteiger partial charge in [0, 0.05) is 31.6 Å². The minimum absolute atomic E-state index is 0.0425. The summed E-state index contributed by atoms with van der Waals surface area (Å²) >= 11 is 0. The zero-order chi connectivity index (χ0) is 17.1. The minimum atomic E-state index is -0.465. The molecule has 130 valence electrons. The van der Waals surface area contributed by atoms with Gasteiger partial charge in [-0.25, -0.2) is 4.98 Å². The Balaban J connectivity index is 1.38. The number of aromatic nitrogens is 1. The van der Waals surface area contributed by atoms with Crippen molar-refractivity contribution in [3.8, 4) is 0 Å². The van der Waals surface area contributed by atoms with E-state index in [-0.39, 0.29) is 5.91 Å². The summed E-state index contributed by atoms with van der Waals surface area (Å²) in [5.74, 6) is -0.507. The van der Waals surface area contributed by atoms with Gasteiger partial charge >= 0.3 is 0 Å². The average molecular weight is 339 g/mol. The largest absolute Gasteiger partial charge is 0.354 e. The first-order valence-corrected chi connectivity index (χ1v) is 8.59. The number of rotatable bonds is 3. The van der Waals surface area contributed by atoms with Crippen molar-refractivity contribution in [1.82, 2.24) is 9.88 Å². The van der Waals surface area contributed by atoms with E-state index in [2.05, 4.69) is 10.3 Å². The summed E-state index contributed by atoms with van der Waals surface area (Å²) in [6.07, 6.45) is 3.12. The molecular weight excluding hydrogens is 318 g/mol. The highest BCUT2D eigenvalue weighted by Crippen LogP contribution is 2.31. The first-order valence-electron chi connectivity index (χ1n) is 8.59. The van der Waals surface area contributed by atoms with Crippen LogP contribution in [0.15, 0.2) is 48.7 Å². The van der Waals surface area contributed by atoms with E-state index in [4.69, 9.17) is 9.47 Å². The lowest BCUT2D eigenvalue weighted by Crippen LogP contribution is -2.47. The molecule has 0 saturated carbocycles. The lowest BCUT2D eigenvalue weighted by molar-refractivity contribution is -0.181. The molecule has 1 aromatic heterocycles. The smallest absolute Gasteiger partial charge is 0.272 e. The Morgan fingerprint density at radius 3 is 2.36 bits per heavy atom. The summed E-state index contributed by atoms with van der Waals surface area (Å²) in [4.78, 5) is 18.8. The van der Waals surface area contributed by atoms with E-state index in [1.54, 1.807) is 12.3 Å². The Labute approximate surface area is 146 Å². The van der Waals surface area contributed by atoms with Gasteiger partial charge in [-0.1, -0.05) is 18.2 Å². The number of carbonyl (C=O) groups excluding carboxylic acids is 1.